The number of aromatic nitrogens is 3. The first-order valence-corrected chi connectivity index (χ1v) is 9.08. The summed E-state index contributed by atoms with van der Waals surface area (Å²) in [6.45, 7) is 8.27. The minimum Gasteiger partial charge on any atom is -0.353 e. The van der Waals surface area contributed by atoms with E-state index in [4.69, 9.17) is 4.98 Å². The lowest BCUT2D eigenvalue weighted by Gasteiger charge is -2.15. The van der Waals surface area contributed by atoms with Crippen LogP contribution in [0.4, 0.5) is 0 Å². The molecule has 1 aromatic carbocycles. The fourth-order valence-electron chi connectivity index (χ4n) is 3.37. The second-order valence-corrected chi connectivity index (χ2v) is 6.59. The van der Waals surface area contributed by atoms with Gasteiger partial charge in [0.15, 0.2) is 5.65 Å². The molecule has 0 aliphatic rings. The van der Waals surface area contributed by atoms with Gasteiger partial charge >= 0.3 is 0 Å². The van der Waals surface area contributed by atoms with Crippen LogP contribution in [0.3, 0.4) is 0 Å². The van der Waals surface area contributed by atoms with E-state index in [1.165, 1.54) is 0 Å². The van der Waals surface area contributed by atoms with Gasteiger partial charge in [0.2, 0.25) is 5.91 Å². The topological polar surface area (TPSA) is 59.3 Å². The molecular formula is C20H26N4O. The van der Waals surface area contributed by atoms with Gasteiger partial charge in [-0.1, -0.05) is 26.0 Å². The molecule has 0 atom stereocenters. The monoisotopic (exact) mass is 338 g/mol. The molecule has 0 saturated heterocycles. The van der Waals surface area contributed by atoms with E-state index in [0.29, 0.717) is 12.8 Å². The number of hydrogen-bond acceptors (Lipinski definition) is 3. The van der Waals surface area contributed by atoms with Gasteiger partial charge in [-0.25, -0.2) is 9.50 Å². The van der Waals surface area contributed by atoms with Crippen LogP contribution in [0.1, 0.15) is 50.1 Å². The minimum atomic E-state index is 0.109. The quantitative estimate of drug-likeness (QED) is 0.745. The van der Waals surface area contributed by atoms with Crippen LogP contribution in [0.25, 0.3) is 16.6 Å². The zero-order chi connectivity index (χ0) is 18.0. The van der Waals surface area contributed by atoms with Gasteiger partial charge < -0.3 is 5.32 Å². The van der Waals surface area contributed by atoms with Crippen molar-refractivity contribution in [2.24, 2.45) is 0 Å². The van der Waals surface area contributed by atoms with Gasteiger partial charge in [-0.05, 0) is 50.8 Å². The SMILES string of the molecule is CCC(CC)NC(=O)CCc1c(C)nc2c3ccccc3nn2c1C. The van der Waals surface area contributed by atoms with Crippen LogP contribution in [-0.4, -0.2) is 26.5 Å². The lowest BCUT2D eigenvalue weighted by atomic mass is 10.1. The van der Waals surface area contributed by atoms with E-state index < -0.39 is 0 Å². The number of nitrogens with one attached hydrogen (secondary N) is 1. The number of carbonyl (C=O) groups excluding carboxylic acids is 1. The summed E-state index contributed by atoms with van der Waals surface area (Å²) in [4.78, 5) is 17.0. The van der Waals surface area contributed by atoms with Crippen molar-refractivity contribution in [1.82, 2.24) is 19.9 Å². The Labute approximate surface area is 148 Å². The number of carbonyl (C=O) groups is 1. The standard InChI is InChI=1S/C20H26N4O/c1-5-15(6-2)22-19(25)12-11-16-13(3)21-20-17-9-7-8-10-18(17)23-24(20)14(16)4/h7-10,15H,5-6,11-12H2,1-4H3,(H,22,25). The van der Waals surface area contributed by atoms with Crippen LogP contribution >= 0.6 is 0 Å². The molecule has 1 amide bonds. The van der Waals surface area contributed by atoms with Crippen LogP contribution in [0.2, 0.25) is 0 Å². The summed E-state index contributed by atoms with van der Waals surface area (Å²) in [5, 5.41) is 8.84. The van der Waals surface area contributed by atoms with Crippen molar-refractivity contribution in [3.63, 3.8) is 0 Å². The van der Waals surface area contributed by atoms with Crippen molar-refractivity contribution < 1.29 is 4.79 Å². The molecule has 2 aromatic heterocycles. The second kappa shape index (κ2) is 7.21. The van der Waals surface area contributed by atoms with Crippen molar-refractivity contribution in [3.05, 3.63) is 41.2 Å². The maximum Gasteiger partial charge on any atom is 0.220 e. The Balaban J connectivity index is 1.87. The summed E-state index contributed by atoms with van der Waals surface area (Å²) in [6, 6.07) is 8.31. The van der Waals surface area contributed by atoms with Gasteiger partial charge in [0.1, 0.15) is 0 Å². The van der Waals surface area contributed by atoms with Gasteiger partial charge in [-0.15, -0.1) is 0 Å². The Morgan fingerprint density at radius 2 is 1.92 bits per heavy atom. The highest BCUT2D eigenvalue weighted by molar-refractivity contribution is 5.92. The maximum absolute atomic E-state index is 12.2. The molecule has 0 fully saturated rings. The first kappa shape index (κ1) is 17.4. The fourth-order valence-corrected chi connectivity index (χ4v) is 3.37. The van der Waals surface area contributed by atoms with E-state index in [2.05, 4.69) is 31.2 Å². The number of rotatable bonds is 6. The summed E-state index contributed by atoms with van der Waals surface area (Å²) in [6.07, 6.45) is 3.09. The van der Waals surface area contributed by atoms with Crippen LogP contribution in [-0.2, 0) is 11.2 Å². The Kier molecular flexibility index (Phi) is 5.02. The van der Waals surface area contributed by atoms with Crippen molar-refractivity contribution in [2.45, 2.75) is 59.4 Å². The van der Waals surface area contributed by atoms with Crippen molar-refractivity contribution in [1.29, 1.82) is 0 Å². The van der Waals surface area contributed by atoms with Gasteiger partial charge in [0, 0.05) is 29.2 Å². The first-order valence-electron chi connectivity index (χ1n) is 9.08. The van der Waals surface area contributed by atoms with Crippen molar-refractivity contribution >= 4 is 22.5 Å². The molecule has 5 nitrogen and oxygen atoms in total. The number of benzene rings is 1. The van der Waals surface area contributed by atoms with E-state index in [0.717, 1.165) is 46.3 Å². The Morgan fingerprint density at radius 1 is 1.20 bits per heavy atom. The van der Waals surface area contributed by atoms with E-state index in [1.54, 1.807) is 0 Å². The molecule has 3 aromatic rings. The van der Waals surface area contributed by atoms with E-state index in [-0.39, 0.29) is 11.9 Å². The van der Waals surface area contributed by atoms with E-state index >= 15 is 0 Å². The number of hydrogen-bond donors (Lipinski definition) is 1. The summed E-state index contributed by atoms with van der Waals surface area (Å²) in [5.74, 6) is 0.109. The van der Waals surface area contributed by atoms with Crippen LogP contribution in [0, 0.1) is 13.8 Å². The molecule has 0 unspecified atom stereocenters. The molecule has 0 aliphatic heterocycles. The predicted octanol–water partition coefficient (Wildman–Crippen LogP) is 3.74. The highest BCUT2D eigenvalue weighted by Gasteiger charge is 2.15. The van der Waals surface area contributed by atoms with Gasteiger partial charge in [-0.2, -0.15) is 5.10 Å². The third-order valence-electron chi connectivity index (χ3n) is 4.97. The second-order valence-electron chi connectivity index (χ2n) is 6.59. The summed E-state index contributed by atoms with van der Waals surface area (Å²) in [5.41, 5.74) is 4.98. The van der Waals surface area contributed by atoms with Gasteiger partial charge in [0.05, 0.1) is 5.52 Å². The third-order valence-corrected chi connectivity index (χ3v) is 4.97. The van der Waals surface area contributed by atoms with Crippen molar-refractivity contribution in [2.75, 3.05) is 0 Å². The third kappa shape index (κ3) is 3.36. The molecule has 0 saturated carbocycles. The summed E-state index contributed by atoms with van der Waals surface area (Å²) < 4.78 is 1.91. The molecule has 0 radical (unpaired) electrons. The molecule has 3 rings (SSSR count). The molecule has 1 N–H and O–H groups in total. The van der Waals surface area contributed by atoms with Crippen LogP contribution < -0.4 is 5.32 Å². The van der Waals surface area contributed by atoms with Crippen LogP contribution in [0.5, 0.6) is 0 Å². The molecule has 25 heavy (non-hydrogen) atoms. The highest BCUT2D eigenvalue weighted by Crippen LogP contribution is 2.22. The van der Waals surface area contributed by atoms with E-state index in [9.17, 15) is 4.79 Å². The Morgan fingerprint density at radius 3 is 2.64 bits per heavy atom. The summed E-state index contributed by atoms with van der Waals surface area (Å²) in [7, 11) is 0. The van der Waals surface area contributed by atoms with Gasteiger partial charge in [-0.3, -0.25) is 4.79 Å². The average molecular weight is 338 g/mol. The number of nitrogens with zero attached hydrogens (tertiary/aromatic N) is 3. The Hall–Kier alpha value is -2.43. The molecule has 0 spiro atoms. The molecular weight excluding hydrogens is 312 g/mol. The minimum absolute atomic E-state index is 0.109. The molecule has 132 valence electrons. The normalized spacial score (nSPS) is 11.6. The van der Waals surface area contributed by atoms with E-state index in [1.807, 2.05) is 35.7 Å². The zero-order valence-corrected chi connectivity index (χ0v) is 15.5. The van der Waals surface area contributed by atoms with Crippen molar-refractivity contribution in [3.8, 4) is 0 Å². The zero-order valence-electron chi connectivity index (χ0n) is 15.5. The van der Waals surface area contributed by atoms with Crippen LogP contribution in [0.15, 0.2) is 24.3 Å². The fraction of sp³-hybridized carbons (Fsp3) is 0.450. The first-order chi connectivity index (χ1) is 12.0. The Bertz CT molecular complexity index is 909. The lowest BCUT2D eigenvalue weighted by molar-refractivity contribution is -0.121. The summed E-state index contributed by atoms with van der Waals surface area (Å²) >= 11 is 0. The average Bonchev–Trinajstić information content (AvgIpc) is 2.98. The largest absolute Gasteiger partial charge is 0.353 e. The number of amides is 1. The predicted molar refractivity (Wildman–Crippen MR) is 101 cm³/mol. The molecule has 0 bridgehead atoms. The smallest absolute Gasteiger partial charge is 0.220 e. The molecule has 0 aliphatic carbocycles. The molecule has 5 heteroatoms. The lowest BCUT2D eigenvalue weighted by Crippen LogP contribution is -2.34. The van der Waals surface area contributed by atoms with Gasteiger partial charge in [0.25, 0.3) is 0 Å². The number of fused-ring (bicyclic) bond motifs is 3. The highest BCUT2D eigenvalue weighted by atomic mass is 16.1. The molecule has 2 heterocycles. The maximum atomic E-state index is 12.2. The number of aryl methyl sites for hydroxylation is 2.